The molecule has 2 saturated heterocycles. The van der Waals surface area contributed by atoms with E-state index in [4.69, 9.17) is 0 Å². The molecule has 8 heteroatoms. The van der Waals surface area contributed by atoms with Crippen molar-refractivity contribution >= 4 is 11.7 Å². The summed E-state index contributed by atoms with van der Waals surface area (Å²) in [5.41, 5.74) is 0.620. The molecule has 1 aromatic rings. The zero-order chi connectivity index (χ0) is 22.3. The van der Waals surface area contributed by atoms with Crippen LogP contribution in [0, 0.1) is 5.92 Å². The Morgan fingerprint density at radius 3 is 2.55 bits per heavy atom. The van der Waals surface area contributed by atoms with Crippen LogP contribution >= 0.6 is 0 Å². The quantitative estimate of drug-likeness (QED) is 0.776. The van der Waals surface area contributed by atoms with Crippen molar-refractivity contribution in [3.63, 3.8) is 0 Å². The molecule has 3 aliphatic rings. The van der Waals surface area contributed by atoms with Gasteiger partial charge in [-0.2, -0.15) is 5.10 Å². The number of halogens is 2. The van der Waals surface area contributed by atoms with Crippen LogP contribution < -0.4 is 5.32 Å². The summed E-state index contributed by atoms with van der Waals surface area (Å²) in [4.78, 5) is 17.4. The van der Waals surface area contributed by atoms with Gasteiger partial charge in [0.15, 0.2) is 0 Å². The highest BCUT2D eigenvalue weighted by atomic mass is 19.3. The van der Waals surface area contributed by atoms with Gasteiger partial charge in [0.05, 0.1) is 11.7 Å². The Kier molecular flexibility index (Phi) is 6.30. The first-order valence-corrected chi connectivity index (χ1v) is 11.8. The normalized spacial score (nSPS) is 28.5. The zero-order valence-electron chi connectivity index (χ0n) is 19.3. The Balaban J connectivity index is 1.48. The van der Waals surface area contributed by atoms with Crippen LogP contribution in [0.5, 0.6) is 0 Å². The summed E-state index contributed by atoms with van der Waals surface area (Å²) in [6.07, 6.45) is 2.07. The highest BCUT2D eigenvalue weighted by molar-refractivity contribution is 5.81. The monoisotopic (exact) mass is 437 g/mol. The van der Waals surface area contributed by atoms with Crippen LogP contribution in [0.3, 0.4) is 0 Å². The fraction of sp³-hybridized carbons (Fsp3) is 0.826. The fourth-order valence-electron chi connectivity index (χ4n) is 5.34. The third kappa shape index (κ3) is 4.59. The van der Waals surface area contributed by atoms with E-state index in [0.29, 0.717) is 18.8 Å². The van der Waals surface area contributed by atoms with Gasteiger partial charge >= 0.3 is 0 Å². The van der Waals surface area contributed by atoms with E-state index >= 15 is 0 Å². The van der Waals surface area contributed by atoms with Gasteiger partial charge < -0.3 is 10.2 Å². The van der Waals surface area contributed by atoms with Gasteiger partial charge in [-0.15, -0.1) is 0 Å². The second-order valence-electron chi connectivity index (χ2n) is 10.6. The number of carbonyl (C=O) groups excluding carboxylic acids is 1. The smallest absolute Gasteiger partial charge is 0.260 e. The van der Waals surface area contributed by atoms with E-state index in [1.807, 2.05) is 38.7 Å². The molecule has 0 aliphatic carbocycles. The third-order valence-electron chi connectivity index (χ3n) is 7.32. The maximum Gasteiger partial charge on any atom is 0.260 e. The number of hydrogen-bond donors (Lipinski definition) is 1. The third-order valence-corrected chi connectivity index (χ3v) is 7.32. The lowest BCUT2D eigenvalue weighted by atomic mass is 9.85. The van der Waals surface area contributed by atoms with Gasteiger partial charge in [-0.1, -0.05) is 20.8 Å². The second kappa shape index (κ2) is 8.68. The first kappa shape index (κ1) is 22.5. The lowest BCUT2D eigenvalue weighted by Gasteiger charge is -2.42. The van der Waals surface area contributed by atoms with E-state index in [1.54, 1.807) is 0 Å². The number of fused-ring (bicyclic) bond motifs is 1. The lowest BCUT2D eigenvalue weighted by Crippen LogP contribution is -2.52. The highest BCUT2D eigenvalue weighted by Crippen LogP contribution is 2.38. The van der Waals surface area contributed by atoms with E-state index in [1.165, 1.54) is 4.68 Å². The highest BCUT2D eigenvalue weighted by Gasteiger charge is 2.40. The Morgan fingerprint density at radius 1 is 1.19 bits per heavy atom. The van der Waals surface area contributed by atoms with Crippen LogP contribution in [0.15, 0.2) is 6.07 Å². The molecule has 0 bridgehead atoms. The number of hydrogen-bond acceptors (Lipinski definition) is 4. The number of rotatable bonds is 4. The first-order valence-electron chi connectivity index (χ1n) is 11.8. The maximum atomic E-state index is 14.0. The van der Waals surface area contributed by atoms with Crippen LogP contribution in [0.4, 0.5) is 14.6 Å². The van der Waals surface area contributed by atoms with Crippen molar-refractivity contribution in [2.45, 2.75) is 89.8 Å². The van der Waals surface area contributed by atoms with Crippen LogP contribution in [0.25, 0.3) is 0 Å². The molecule has 174 valence electrons. The van der Waals surface area contributed by atoms with Crippen molar-refractivity contribution < 1.29 is 13.6 Å². The minimum atomic E-state index is -2.47. The second-order valence-corrected chi connectivity index (χ2v) is 10.6. The molecule has 1 amide bonds. The predicted molar refractivity (Wildman–Crippen MR) is 118 cm³/mol. The topological polar surface area (TPSA) is 53.4 Å². The number of alkyl halides is 2. The molecule has 31 heavy (non-hydrogen) atoms. The number of amides is 1. The Hall–Kier alpha value is -1.70. The van der Waals surface area contributed by atoms with Gasteiger partial charge in [-0.25, -0.2) is 13.5 Å². The standard InChI is InChI=1S/C23H37F2N5O/c1-15(28-9-5-6-10-28)22(31)29-11-7-8-16(14-29)17-12-18(21(24)25)30-20(26-17)13-19(27-30)23(2,3)4/h13,15-18,21,26H,5-12,14H2,1-4H3/t15?,16?,17-,18+/m0/s1. The summed E-state index contributed by atoms with van der Waals surface area (Å²) in [6.45, 7) is 11.5. The maximum absolute atomic E-state index is 14.0. The molecule has 0 spiro atoms. The first-order chi connectivity index (χ1) is 14.6. The molecule has 4 rings (SSSR count). The number of nitrogens with one attached hydrogen (secondary N) is 1. The fourth-order valence-corrected chi connectivity index (χ4v) is 5.34. The Bertz CT molecular complexity index is 783. The molecule has 0 saturated carbocycles. The number of nitrogens with zero attached hydrogens (tertiary/aromatic N) is 4. The SMILES string of the molecule is CC(C(=O)N1CCCC([C@@H]2C[C@H](C(F)F)n3nc(C(C)(C)C)cc3N2)C1)N1CCCC1. The zero-order valence-corrected chi connectivity index (χ0v) is 19.3. The average molecular weight is 438 g/mol. The van der Waals surface area contributed by atoms with Crippen molar-refractivity contribution in [2.75, 3.05) is 31.5 Å². The van der Waals surface area contributed by atoms with E-state index in [9.17, 15) is 13.6 Å². The number of aromatic nitrogens is 2. The van der Waals surface area contributed by atoms with Crippen molar-refractivity contribution in [3.05, 3.63) is 11.8 Å². The Morgan fingerprint density at radius 2 is 1.90 bits per heavy atom. The molecule has 0 aromatic carbocycles. The summed E-state index contributed by atoms with van der Waals surface area (Å²) in [5.74, 6) is 1.04. The molecular formula is C23H37F2N5O. The molecular weight excluding hydrogens is 400 g/mol. The number of carbonyl (C=O) groups is 1. The van der Waals surface area contributed by atoms with Gasteiger partial charge in [-0.05, 0) is 58.0 Å². The van der Waals surface area contributed by atoms with Crippen LogP contribution in [-0.4, -0.2) is 70.2 Å². The average Bonchev–Trinajstić information content (AvgIpc) is 3.41. The van der Waals surface area contributed by atoms with E-state index in [0.717, 1.165) is 51.0 Å². The molecule has 6 nitrogen and oxygen atoms in total. The molecule has 0 radical (unpaired) electrons. The van der Waals surface area contributed by atoms with E-state index in [2.05, 4.69) is 15.3 Å². The van der Waals surface area contributed by atoms with Crippen molar-refractivity contribution in [1.82, 2.24) is 19.6 Å². The summed E-state index contributed by atoms with van der Waals surface area (Å²) in [6, 6.07) is 0.828. The molecule has 1 N–H and O–H groups in total. The van der Waals surface area contributed by atoms with Gasteiger partial charge in [0.2, 0.25) is 5.91 Å². The minimum Gasteiger partial charge on any atom is -0.367 e. The van der Waals surface area contributed by atoms with Crippen molar-refractivity contribution in [2.24, 2.45) is 5.92 Å². The summed E-state index contributed by atoms with van der Waals surface area (Å²) < 4.78 is 29.4. The summed E-state index contributed by atoms with van der Waals surface area (Å²) in [5, 5.41) is 8.03. The molecule has 1 aromatic heterocycles. The number of likely N-dealkylation sites (tertiary alicyclic amines) is 2. The van der Waals surface area contributed by atoms with Gasteiger partial charge in [0, 0.05) is 30.6 Å². The summed E-state index contributed by atoms with van der Waals surface area (Å²) >= 11 is 0. The van der Waals surface area contributed by atoms with Crippen molar-refractivity contribution in [3.8, 4) is 0 Å². The van der Waals surface area contributed by atoms with Crippen LogP contribution in [0.2, 0.25) is 0 Å². The van der Waals surface area contributed by atoms with Crippen LogP contribution in [0.1, 0.15) is 71.5 Å². The minimum absolute atomic E-state index is 0.0753. The largest absolute Gasteiger partial charge is 0.367 e. The van der Waals surface area contributed by atoms with Gasteiger partial charge in [0.1, 0.15) is 11.9 Å². The molecule has 2 fully saturated rings. The molecule has 4 heterocycles. The Labute approximate surface area is 184 Å². The van der Waals surface area contributed by atoms with Gasteiger partial charge in [-0.3, -0.25) is 9.69 Å². The van der Waals surface area contributed by atoms with E-state index in [-0.39, 0.29) is 29.3 Å². The predicted octanol–water partition coefficient (Wildman–Crippen LogP) is 3.89. The molecule has 2 unspecified atom stereocenters. The van der Waals surface area contributed by atoms with Crippen molar-refractivity contribution in [1.29, 1.82) is 0 Å². The lowest BCUT2D eigenvalue weighted by molar-refractivity contribution is -0.138. The number of piperidine rings is 1. The van der Waals surface area contributed by atoms with E-state index < -0.39 is 12.5 Å². The van der Waals surface area contributed by atoms with Crippen LogP contribution in [-0.2, 0) is 10.2 Å². The number of anilines is 1. The molecule has 4 atom stereocenters. The summed E-state index contributed by atoms with van der Waals surface area (Å²) in [7, 11) is 0. The molecule has 3 aliphatic heterocycles. The van der Waals surface area contributed by atoms with Gasteiger partial charge in [0.25, 0.3) is 6.43 Å².